The van der Waals surface area contributed by atoms with Crippen molar-refractivity contribution in [2.75, 3.05) is 7.11 Å². The van der Waals surface area contributed by atoms with E-state index in [2.05, 4.69) is 32.6 Å². The van der Waals surface area contributed by atoms with Gasteiger partial charge in [0.25, 0.3) is 0 Å². The molecular weight excluding hydrogens is 392 g/mol. The van der Waals surface area contributed by atoms with Crippen LogP contribution < -0.4 is 9.47 Å². The van der Waals surface area contributed by atoms with E-state index < -0.39 is 12.1 Å². The van der Waals surface area contributed by atoms with E-state index >= 15 is 0 Å². The first-order chi connectivity index (χ1) is 14.8. The van der Waals surface area contributed by atoms with Crippen LogP contribution in [0.3, 0.4) is 0 Å². The molecule has 0 saturated heterocycles. The van der Waals surface area contributed by atoms with Gasteiger partial charge in [-0.3, -0.25) is 0 Å². The van der Waals surface area contributed by atoms with E-state index in [1.807, 2.05) is 25.1 Å². The third kappa shape index (κ3) is 5.05. The zero-order valence-electron chi connectivity index (χ0n) is 18.5. The van der Waals surface area contributed by atoms with E-state index in [1.165, 1.54) is 18.3 Å². The molecule has 0 aromatic heterocycles. The predicted molar refractivity (Wildman–Crippen MR) is 122 cm³/mol. The summed E-state index contributed by atoms with van der Waals surface area (Å²) in [5.41, 5.74) is 5.24. The number of rotatable bonds is 6. The Bertz CT molecular complexity index is 1100. The molecule has 162 valence electrons. The molecule has 2 aromatic carbocycles. The molecule has 1 aliphatic carbocycles. The van der Waals surface area contributed by atoms with E-state index in [0.717, 1.165) is 35.6 Å². The van der Waals surface area contributed by atoms with Gasteiger partial charge in [-0.05, 0) is 52.5 Å². The fourth-order valence-corrected chi connectivity index (χ4v) is 3.83. The van der Waals surface area contributed by atoms with Crippen LogP contribution in [0.5, 0.6) is 11.5 Å². The normalized spacial score (nSPS) is 12.5. The van der Waals surface area contributed by atoms with Crippen LogP contribution >= 0.6 is 0 Å². The Hall–Kier alpha value is -3.34. The van der Waals surface area contributed by atoms with Crippen molar-refractivity contribution in [1.29, 1.82) is 0 Å². The molecule has 0 aliphatic heterocycles. The summed E-state index contributed by atoms with van der Waals surface area (Å²) in [6.07, 6.45) is 7.82. The van der Waals surface area contributed by atoms with E-state index in [4.69, 9.17) is 14.2 Å². The maximum absolute atomic E-state index is 12.1. The Kier molecular flexibility index (Phi) is 6.95. The minimum atomic E-state index is -0.779. The zero-order valence-corrected chi connectivity index (χ0v) is 18.5. The lowest BCUT2D eigenvalue weighted by molar-refractivity contribution is -0.128. The summed E-state index contributed by atoms with van der Waals surface area (Å²) in [5, 5.41) is 1.42. The molecule has 0 bridgehead atoms. The lowest BCUT2D eigenvalue weighted by Crippen LogP contribution is -2.15. The van der Waals surface area contributed by atoms with Gasteiger partial charge in [-0.15, -0.1) is 0 Å². The van der Waals surface area contributed by atoms with Crippen molar-refractivity contribution in [3.8, 4) is 11.5 Å². The molecule has 5 nitrogen and oxygen atoms in total. The number of carbonyl (C=O) groups excluding carboxylic acids is 2. The van der Waals surface area contributed by atoms with Crippen molar-refractivity contribution in [1.82, 2.24) is 0 Å². The molecule has 2 aromatic rings. The van der Waals surface area contributed by atoms with Crippen LogP contribution in [0, 0.1) is 6.92 Å². The van der Waals surface area contributed by atoms with Gasteiger partial charge in [-0.1, -0.05) is 47.6 Å². The molecule has 3 rings (SSSR count). The van der Waals surface area contributed by atoms with Crippen molar-refractivity contribution in [2.24, 2.45) is 0 Å². The van der Waals surface area contributed by atoms with Gasteiger partial charge in [0, 0.05) is 28.0 Å². The Morgan fingerprint density at radius 1 is 1.10 bits per heavy atom. The third-order valence-electron chi connectivity index (χ3n) is 5.31. The minimum absolute atomic E-state index is 0.457. The van der Waals surface area contributed by atoms with Crippen LogP contribution in [0.4, 0.5) is 4.79 Å². The summed E-state index contributed by atoms with van der Waals surface area (Å²) in [5.74, 6) is 0.435. The van der Waals surface area contributed by atoms with Crippen molar-refractivity contribution >= 4 is 22.9 Å². The van der Waals surface area contributed by atoms with Gasteiger partial charge in [0.05, 0.1) is 7.11 Å². The molecule has 31 heavy (non-hydrogen) atoms. The largest absolute Gasteiger partial charge is 0.513 e. The Morgan fingerprint density at radius 2 is 1.84 bits per heavy atom. The molecule has 0 saturated carbocycles. The summed E-state index contributed by atoms with van der Waals surface area (Å²) in [6, 6.07) is 5.76. The number of allylic oxidation sites excluding steroid dienone is 4. The molecule has 0 atom stereocenters. The van der Waals surface area contributed by atoms with Crippen LogP contribution in [-0.2, 0) is 22.4 Å². The van der Waals surface area contributed by atoms with Crippen molar-refractivity contribution in [3.05, 3.63) is 70.8 Å². The first-order valence-corrected chi connectivity index (χ1v) is 10.3. The molecule has 0 spiro atoms. The van der Waals surface area contributed by atoms with Gasteiger partial charge in [0.1, 0.15) is 11.5 Å². The van der Waals surface area contributed by atoms with Crippen molar-refractivity contribution in [3.63, 3.8) is 0 Å². The molecule has 0 amide bonds. The first kappa shape index (κ1) is 22.3. The summed E-state index contributed by atoms with van der Waals surface area (Å²) >= 11 is 0. The number of aryl methyl sites for hydroxylation is 1. The van der Waals surface area contributed by atoms with Gasteiger partial charge in [-0.25, -0.2) is 9.59 Å². The SMILES string of the molecule is C=CC(=O)Oc1c2c(c(OC(=O)OC)c3cc(C)ccc13)CC=C(CCC=C(C)C)C2. The number of carbonyl (C=O) groups is 2. The second-order valence-electron chi connectivity index (χ2n) is 7.91. The minimum Gasteiger partial charge on any atom is -0.437 e. The quantitative estimate of drug-likeness (QED) is 0.184. The first-order valence-electron chi connectivity index (χ1n) is 10.3. The molecule has 0 N–H and O–H groups in total. The Morgan fingerprint density at radius 3 is 2.52 bits per heavy atom. The van der Waals surface area contributed by atoms with Crippen molar-refractivity contribution < 1.29 is 23.8 Å². The number of benzene rings is 2. The summed E-state index contributed by atoms with van der Waals surface area (Å²) in [6.45, 7) is 9.65. The molecule has 0 unspecified atom stereocenters. The smallest absolute Gasteiger partial charge is 0.437 e. The van der Waals surface area contributed by atoms with E-state index in [9.17, 15) is 9.59 Å². The molecule has 0 heterocycles. The molecular formula is C26H28O5. The highest BCUT2D eigenvalue weighted by atomic mass is 16.7. The van der Waals surface area contributed by atoms with Crippen LogP contribution in [-0.4, -0.2) is 19.2 Å². The predicted octanol–water partition coefficient (Wildman–Crippen LogP) is 6.16. The van der Waals surface area contributed by atoms with E-state index in [1.54, 1.807) is 0 Å². The molecule has 1 aliphatic rings. The molecule has 0 fully saturated rings. The van der Waals surface area contributed by atoms with Gasteiger partial charge in [0.2, 0.25) is 0 Å². The molecule has 5 heteroatoms. The number of methoxy groups -OCH3 is 1. The topological polar surface area (TPSA) is 61.8 Å². The average Bonchev–Trinajstić information content (AvgIpc) is 2.75. The highest BCUT2D eigenvalue weighted by Gasteiger charge is 2.27. The summed E-state index contributed by atoms with van der Waals surface area (Å²) in [4.78, 5) is 24.2. The number of hydrogen-bond acceptors (Lipinski definition) is 5. The second kappa shape index (κ2) is 9.65. The van der Waals surface area contributed by atoms with Crippen molar-refractivity contribution in [2.45, 2.75) is 46.5 Å². The van der Waals surface area contributed by atoms with Gasteiger partial charge in [-0.2, -0.15) is 0 Å². The highest BCUT2D eigenvalue weighted by Crippen LogP contribution is 2.45. The summed E-state index contributed by atoms with van der Waals surface area (Å²) in [7, 11) is 1.28. The average molecular weight is 421 g/mol. The fraction of sp³-hybridized carbons (Fsp3) is 0.308. The van der Waals surface area contributed by atoms with Crippen LogP contribution in [0.25, 0.3) is 10.8 Å². The summed E-state index contributed by atoms with van der Waals surface area (Å²) < 4.78 is 16.1. The zero-order chi connectivity index (χ0) is 22.5. The van der Waals surface area contributed by atoms with Gasteiger partial charge in [0.15, 0.2) is 0 Å². The monoisotopic (exact) mass is 420 g/mol. The fourth-order valence-electron chi connectivity index (χ4n) is 3.83. The van der Waals surface area contributed by atoms with Gasteiger partial charge < -0.3 is 14.2 Å². The van der Waals surface area contributed by atoms with Gasteiger partial charge >= 0.3 is 12.1 Å². The number of fused-ring (bicyclic) bond motifs is 2. The third-order valence-corrected chi connectivity index (χ3v) is 5.31. The number of ether oxygens (including phenoxy) is 3. The number of esters is 1. The van der Waals surface area contributed by atoms with E-state index in [-0.39, 0.29) is 0 Å². The lowest BCUT2D eigenvalue weighted by Gasteiger charge is -2.24. The lowest BCUT2D eigenvalue weighted by atomic mass is 9.85. The standard InChI is InChI=1S/C26H28O5/c1-6-23(27)30-24-19-12-10-17(4)14-21(19)25(31-26(28)29-5)20-13-11-18(15-22(20)24)9-7-8-16(2)3/h6,8,10-12,14H,1,7,9,13,15H2,2-5H3. The molecule has 0 radical (unpaired) electrons. The maximum Gasteiger partial charge on any atom is 0.513 e. The number of hydrogen-bond donors (Lipinski definition) is 0. The highest BCUT2D eigenvalue weighted by molar-refractivity contribution is 6.00. The van der Waals surface area contributed by atoms with Crippen LogP contribution in [0.15, 0.2) is 54.2 Å². The Balaban J connectivity index is 2.18. The van der Waals surface area contributed by atoms with Crippen LogP contribution in [0.1, 0.15) is 43.4 Å². The van der Waals surface area contributed by atoms with Crippen LogP contribution in [0.2, 0.25) is 0 Å². The maximum atomic E-state index is 12.1. The second-order valence-corrected chi connectivity index (χ2v) is 7.91. The Labute approximate surface area is 183 Å². The van der Waals surface area contributed by atoms with E-state index in [0.29, 0.717) is 35.1 Å².